The fourth-order valence-corrected chi connectivity index (χ4v) is 2.16. The summed E-state index contributed by atoms with van der Waals surface area (Å²) in [5.41, 5.74) is 0.740. The van der Waals surface area contributed by atoms with Gasteiger partial charge in [-0.05, 0) is 12.0 Å². The summed E-state index contributed by atoms with van der Waals surface area (Å²) < 4.78 is 4.77. The molecule has 4 heteroatoms. The highest BCUT2D eigenvalue weighted by molar-refractivity contribution is 5.85. The molecule has 0 bridgehead atoms. The Balaban J connectivity index is 2.50. The van der Waals surface area contributed by atoms with Gasteiger partial charge >= 0.3 is 5.97 Å². The van der Waals surface area contributed by atoms with E-state index in [1.165, 1.54) is 20.0 Å². The first-order valence-corrected chi connectivity index (χ1v) is 7.61. The van der Waals surface area contributed by atoms with Crippen LogP contribution in [0.15, 0.2) is 30.3 Å². The molecular weight excluding hydrogens is 266 g/mol. The van der Waals surface area contributed by atoms with E-state index >= 15 is 0 Å². The van der Waals surface area contributed by atoms with Crippen LogP contribution in [0, 0.1) is 0 Å². The number of ether oxygens (including phenoxy) is 1. The van der Waals surface area contributed by atoms with E-state index in [-0.39, 0.29) is 5.91 Å². The normalized spacial score (nSPS) is 11.7. The molecule has 1 aromatic carbocycles. The Morgan fingerprint density at radius 3 is 2.38 bits per heavy atom. The summed E-state index contributed by atoms with van der Waals surface area (Å²) in [7, 11) is 1.33. The molecule has 0 spiro atoms. The number of carbonyl (C=O) groups is 2. The number of hydrogen-bond donors (Lipinski definition) is 1. The van der Waals surface area contributed by atoms with E-state index in [4.69, 9.17) is 4.74 Å². The lowest BCUT2D eigenvalue weighted by Crippen LogP contribution is -2.34. The highest BCUT2D eigenvalue weighted by atomic mass is 16.5. The minimum Gasteiger partial charge on any atom is -0.467 e. The maximum absolute atomic E-state index is 12.0. The number of nitrogens with one attached hydrogen (secondary N) is 1. The zero-order valence-corrected chi connectivity index (χ0v) is 12.9. The zero-order chi connectivity index (χ0) is 15.5. The van der Waals surface area contributed by atoms with Gasteiger partial charge in [-0.15, -0.1) is 0 Å². The third kappa shape index (κ3) is 6.43. The van der Waals surface area contributed by atoms with Crippen LogP contribution >= 0.6 is 0 Å². The topological polar surface area (TPSA) is 55.4 Å². The van der Waals surface area contributed by atoms with Crippen LogP contribution in [0.1, 0.15) is 57.1 Å². The van der Waals surface area contributed by atoms with Crippen molar-refractivity contribution in [3.05, 3.63) is 35.9 Å². The van der Waals surface area contributed by atoms with E-state index in [0.717, 1.165) is 24.8 Å². The van der Waals surface area contributed by atoms with Crippen LogP contribution in [0.2, 0.25) is 0 Å². The minimum absolute atomic E-state index is 0.106. The maximum atomic E-state index is 12.0. The lowest BCUT2D eigenvalue weighted by Gasteiger charge is -2.16. The third-order valence-electron chi connectivity index (χ3n) is 3.38. The van der Waals surface area contributed by atoms with Gasteiger partial charge in [0.05, 0.1) is 7.11 Å². The van der Waals surface area contributed by atoms with Gasteiger partial charge in [0, 0.05) is 6.42 Å². The first kappa shape index (κ1) is 17.2. The van der Waals surface area contributed by atoms with E-state index in [1.54, 1.807) is 0 Å². The van der Waals surface area contributed by atoms with Gasteiger partial charge in [0.1, 0.15) is 0 Å². The van der Waals surface area contributed by atoms with Crippen LogP contribution in [0.3, 0.4) is 0 Å². The van der Waals surface area contributed by atoms with Gasteiger partial charge in [-0.3, -0.25) is 4.79 Å². The van der Waals surface area contributed by atoms with E-state index in [9.17, 15) is 9.59 Å². The van der Waals surface area contributed by atoms with Gasteiger partial charge in [0.25, 0.3) is 0 Å². The predicted octanol–water partition coefficient (Wildman–Crippen LogP) is 3.38. The van der Waals surface area contributed by atoms with Crippen molar-refractivity contribution in [1.82, 2.24) is 5.32 Å². The van der Waals surface area contributed by atoms with E-state index in [0.29, 0.717) is 6.42 Å². The van der Waals surface area contributed by atoms with Crippen LogP contribution in [0.5, 0.6) is 0 Å². The first-order chi connectivity index (χ1) is 10.2. The first-order valence-electron chi connectivity index (χ1n) is 7.61. The number of methoxy groups -OCH3 is 1. The second-order valence-electron chi connectivity index (χ2n) is 5.10. The molecule has 4 nitrogen and oxygen atoms in total. The maximum Gasteiger partial charge on any atom is 0.333 e. The molecule has 116 valence electrons. The van der Waals surface area contributed by atoms with Crippen LogP contribution in [-0.4, -0.2) is 19.0 Å². The van der Waals surface area contributed by atoms with Crippen LogP contribution in [0.25, 0.3) is 0 Å². The number of amides is 1. The molecule has 1 amide bonds. The van der Waals surface area contributed by atoms with Crippen molar-refractivity contribution >= 4 is 11.9 Å². The molecule has 0 aliphatic rings. The summed E-state index contributed by atoms with van der Waals surface area (Å²) in [5, 5.41) is 2.76. The molecule has 0 saturated carbocycles. The molecule has 0 radical (unpaired) electrons. The number of unbranched alkanes of at least 4 members (excludes halogenated alkanes) is 4. The smallest absolute Gasteiger partial charge is 0.333 e. The quantitative estimate of drug-likeness (QED) is 0.560. The fourth-order valence-electron chi connectivity index (χ4n) is 2.16. The van der Waals surface area contributed by atoms with Gasteiger partial charge in [0.15, 0.2) is 6.04 Å². The largest absolute Gasteiger partial charge is 0.467 e. The number of esters is 1. The number of benzene rings is 1. The monoisotopic (exact) mass is 291 g/mol. The standard InChI is InChI=1S/C17H25NO3/c1-3-4-5-6-10-13-15(19)18-16(17(20)21-2)14-11-8-7-9-12-14/h7-9,11-12,16H,3-6,10,13H2,1-2H3,(H,18,19)/t16-/m1/s1. The molecule has 0 aliphatic carbocycles. The van der Waals surface area contributed by atoms with Gasteiger partial charge < -0.3 is 10.1 Å². The second-order valence-corrected chi connectivity index (χ2v) is 5.10. The Kier molecular flexibility index (Phi) is 8.17. The zero-order valence-electron chi connectivity index (χ0n) is 12.9. The summed E-state index contributed by atoms with van der Waals surface area (Å²) >= 11 is 0. The van der Waals surface area contributed by atoms with Crippen molar-refractivity contribution in [2.24, 2.45) is 0 Å². The predicted molar refractivity (Wildman–Crippen MR) is 82.7 cm³/mol. The Bertz CT molecular complexity index is 431. The highest BCUT2D eigenvalue weighted by Gasteiger charge is 2.22. The summed E-state index contributed by atoms with van der Waals surface area (Å²) in [5.74, 6) is -0.550. The van der Waals surface area contributed by atoms with Crippen molar-refractivity contribution in [2.75, 3.05) is 7.11 Å². The molecule has 0 fully saturated rings. The van der Waals surface area contributed by atoms with Crippen molar-refractivity contribution < 1.29 is 14.3 Å². The molecule has 1 atom stereocenters. The van der Waals surface area contributed by atoms with Crippen LogP contribution in [0.4, 0.5) is 0 Å². The van der Waals surface area contributed by atoms with Crippen molar-refractivity contribution in [3.63, 3.8) is 0 Å². The van der Waals surface area contributed by atoms with Gasteiger partial charge in [-0.2, -0.15) is 0 Å². The molecule has 1 aromatic rings. The Labute approximate surface area is 126 Å². The highest BCUT2D eigenvalue weighted by Crippen LogP contribution is 2.15. The molecule has 1 rings (SSSR count). The lowest BCUT2D eigenvalue weighted by molar-refractivity contribution is -0.145. The summed E-state index contributed by atoms with van der Waals surface area (Å²) in [6.07, 6.45) is 5.90. The fraction of sp³-hybridized carbons (Fsp3) is 0.529. The average molecular weight is 291 g/mol. The molecule has 0 aliphatic heterocycles. The molecule has 0 aromatic heterocycles. The summed E-state index contributed by atoms with van der Waals surface area (Å²) in [6.45, 7) is 2.16. The Hall–Kier alpha value is -1.84. The number of rotatable bonds is 9. The molecular formula is C17H25NO3. The minimum atomic E-state index is -0.723. The second kappa shape index (κ2) is 9.97. The summed E-state index contributed by atoms with van der Waals surface area (Å²) in [4.78, 5) is 23.8. The van der Waals surface area contributed by atoms with E-state index < -0.39 is 12.0 Å². The SMILES string of the molecule is CCCCCCCC(=O)N[C@@H](C(=O)OC)c1ccccc1. The molecule has 1 N–H and O–H groups in total. The van der Waals surface area contributed by atoms with Gasteiger partial charge in [0.2, 0.25) is 5.91 Å². The van der Waals surface area contributed by atoms with Crippen LogP contribution in [-0.2, 0) is 14.3 Å². The molecule has 0 unspecified atom stereocenters. The van der Waals surface area contributed by atoms with Gasteiger partial charge in [-0.1, -0.05) is 62.9 Å². The lowest BCUT2D eigenvalue weighted by atomic mass is 10.1. The molecule has 0 saturated heterocycles. The van der Waals surface area contributed by atoms with Crippen molar-refractivity contribution in [2.45, 2.75) is 51.5 Å². The van der Waals surface area contributed by atoms with Crippen molar-refractivity contribution in [1.29, 1.82) is 0 Å². The number of carbonyl (C=O) groups excluding carboxylic acids is 2. The van der Waals surface area contributed by atoms with E-state index in [1.807, 2.05) is 30.3 Å². The third-order valence-corrected chi connectivity index (χ3v) is 3.38. The Morgan fingerprint density at radius 1 is 1.10 bits per heavy atom. The van der Waals surface area contributed by atoms with Crippen molar-refractivity contribution in [3.8, 4) is 0 Å². The molecule has 0 heterocycles. The number of hydrogen-bond acceptors (Lipinski definition) is 3. The molecule has 21 heavy (non-hydrogen) atoms. The Morgan fingerprint density at radius 2 is 1.76 bits per heavy atom. The van der Waals surface area contributed by atoms with E-state index in [2.05, 4.69) is 12.2 Å². The van der Waals surface area contributed by atoms with Gasteiger partial charge in [-0.25, -0.2) is 4.79 Å². The average Bonchev–Trinajstić information content (AvgIpc) is 2.52. The summed E-state index contributed by atoms with van der Waals surface area (Å²) in [6, 6.07) is 8.43. The van der Waals surface area contributed by atoms with Crippen LogP contribution < -0.4 is 5.32 Å².